The van der Waals surface area contributed by atoms with Crippen LogP contribution in [0.1, 0.15) is 0 Å². The third-order valence-electron chi connectivity index (χ3n) is 10.8. The molecule has 4 heterocycles. The number of hydrogen-bond donors (Lipinski definition) is 0. The molecule has 0 unspecified atom stereocenters. The van der Waals surface area contributed by atoms with Gasteiger partial charge in [0.25, 0.3) is 0 Å². The SMILES string of the molecule is c1ccc(-c2nc(-c3cccc(-c4ccncc4)c3)cc(-c3cc(-n4c5ccccc5c5ccccc54)cc(-n4c5ccccc5c5ccccc54)c3)n2)cc1. The predicted octanol–water partition coefficient (Wildman–Crippen LogP) is 12.7. The van der Waals surface area contributed by atoms with E-state index < -0.39 is 0 Å². The Morgan fingerprint density at radius 3 is 1.29 bits per heavy atom. The first-order valence-corrected chi connectivity index (χ1v) is 18.8. The maximum absolute atomic E-state index is 5.34. The van der Waals surface area contributed by atoms with Gasteiger partial charge in [0, 0.05) is 62.0 Å². The van der Waals surface area contributed by atoms with Crippen LogP contribution < -0.4 is 0 Å². The van der Waals surface area contributed by atoms with Crippen molar-refractivity contribution in [1.29, 1.82) is 0 Å². The number of hydrogen-bond acceptors (Lipinski definition) is 3. The standard InChI is InChI=1S/C51H33N5/c1-2-13-35(14-3-1)51-53-45(37-16-12-15-36(29-37)34-25-27-52-28-26-34)33-46(54-51)38-30-39(55-47-21-8-4-17-41(47)42-18-5-9-22-48(42)55)32-40(31-38)56-49-23-10-6-19-43(49)44-20-7-11-24-50(44)56/h1-33H. The molecule has 0 amide bonds. The van der Waals surface area contributed by atoms with Gasteiger partial charge in [0.05, 0.1) is 33.5 Å². The van der Waals surface area contributed by atoms with E-state index >= 15 is 0 Å². The van der Waals surface area contributed by atoms with Gasteiger partial charge in [-0.3, -0.25) is 4.98 Å². The molecular formula is C51H33N5. The molecule has 0 aliphatic rings. The number of pyridine rings is 1. The van der Waals surface area contributed by atoms with Crippen LogP contribution in [0, 0.1) is 0 Å². The first-order chi connectivity index (χ1) is 27.8. The summed E-state index contributed by atoms with van der Waals surface area (Å²) in [5.41, 5.74) is 13.6. The lowest BCUT2D eigenvalue weighted by Gasteiger charge is -2.16. The zero-order chi connectivity index (χ0) is 37.0. The lowest BCUT2D eigenvalue weighted by molar-refractivity contribution is 1.13. The number of benzene rings is 7. The van der Waals surface area contributed by atoms with Gasteiger partial charge < -0.3 is 9.13 Å². The van der Waals surface area contributed by atoms with Crippen molar-refractivity contribution in [1.82, 2.24) is 24.1 Å². The van der Waals surface area contributed by atoms with Crippen molar-refractivity contribution >= 4 is 43.6 Å². The minimum Gasteiger partial charge on any atom is -0.309 e. The Bertz CT molecular complexity index is 3010. The molecule has 0 radical (unpaired) electrons. The van der Waals surface area contributed by atoms with E-state index in [2.05, 4.69) is 172 Å². The van der Waals surface area contributed by atoms with E-state index in [1.54, 1.807) is 0 Å². The molecular weight excluding hydrogens is 683 g/mol. The second-order valence-electron chi connectivity index (χ2n) is 14.1. The van der Waals surface area contributed by atoms with E-state index in [1.165, 1.54) is 21.5 Å². The molecule has 0 fully saturated rings. The Morgan fingerprint density at radius 1 is 0.304 bits per heavy atom. The van der Waals surface area contributed by atoms with Gasteiger partial charge in [-0.25, -0.2) is 9.97 Å². The van der Waals surface area contributed by atoms with Gasteiger partial charge in [-0.15, -0.1) is 0 Å². The predicted molar refractivity (Wildman–Crippen MR) is 230 cm³/mol. The molecule has 5 heteroatoms. The van der Waals surface area contributed by atoms with Crippen LogP contribution in [0.25, 0.3) is 100 Å². The van der Waals surface area contributed by atoms with E-state index in [0.717, 1.165) is 72.6 Å². The summed E-state index contributed by atoms with van der Waals surface area (Å²) in [6.07, 6.45) is 3.66. The minimum atomic E-state index is 0.674. The molecule has 11 aromatic rings. The van der Waals surface area contributed by atoms with Gasteiger partial charge in [-0.2, -0.15) is 0 Å². The van der Waals surface area contributed by atoms with Crippen LogP contribution in [0.4, 0.5) is 0 Å². The average molecular weight is 716 g/mol. The Balaban J connectivity index is 1.21. The van der Waals surface area contributed by atoms with E-state index in [9.17, 15) is 0 Å². The molecule has 0 bridgehead atoms. The summed E-state index contributed by atoms with van der Waals surface area (Å²) in [4.78, 5) is 14.8. The number of para-hydroxylation sites is 4. The van der Waals surface area contributed by atoms with Crippen LogP contribution in [0.15, 0.2) is 200 Å². The summed E-state index contributed by atoms with van der Waals surface area (Å²) < 4.78 is 4.79. The highest BCUT2D eigenvalue weighted by Crippen LogP contribution is 2.38. The Labute approximate surface area is 323 Å². The molecule has 0 aliphatic heterocycles. The normalized spacial score (nSPS) is 11.6. The van der Waals surface area contributed by atoms with Gasteiger partial charge in [0.2, 0.25) is 0 Å². The van der Waals surface area contributed by atoms with Crippen molar-refractivity contribution in [2.75, 3.05) is 0 Å². The van der Waals surface area contributed by atoms with Crippen LogP contribution in [0.3, 0.4) is 0 Å². The van der Waals surface area contributed by atoms with Crippen molar-refractivity contribution in [3.05, 3.63) is 200 Å². The molecule has 0 saturated heterocycles. The van der Waals surface area contributed by atoms with E-state index in [1.807, 2.05) is 42.7 Å². The molecule has 0 atom stereocenters. The Hall–Kier alpha value is -7.63. The second kappa shape index (κ2) is 13.0. The van der Waals surface area contributed by atoms with Gasteiger partial charge in [0.1, 0.15) is 0 Å². The summed E-state index contributed by atoms with van der Waals surface area (Å²) in [5, 5.41) is 4.88. The Kier molecular flexibility index (Phi) is 7.42. The van der Waals surface area contributed by atoms with Gasteiger partial charge >= 0.3 is 0 Å². The summed E-state index contributed by atoms with van der Waals surface area (Å²) in [7, 11) is 0. The smallest absolute Gasteiger partial charge is 0.160 e. The third kappa shape index (κ3) is 5.29. The second-order valence-corrected chi connectivity index (χ2v) is 14.1. The molecule has 7 aromatic carbocycles. The molecule has 0 N–H and O–H groups in total. The molecule has 262 valence electrons. The van der Waals surface area contributed by atoms with Crippen LogP contribution in [-0.2, 0) is 0 Å². The highest BCUT2D eigenvalue weighted by molar-refractivity contribution is 6.10. The monoisotopic (exact) mass is 715 g/mol. The first kappa shape index (κ1) is 31.9. The fourth-order valence-electron chi connectivity index (χ4n) is 8.26. The van der Waals surface area contributed by atoms with Crippen molar-refractivity contribution in [2.24, 2.45) is 0 Å². The highest BCUT2D eigenvalue weighted by atomic mass is 15.0. The lowest BCUT2D eigenvalue weighted by Crippen LogP contribution is -2.01. The fraction of sp³-hybridized carbons (Fsp3) is 0. The highest BCUT2D eigenvalue weighted by Gasteiger charge is 2.19. The van der Waals surface area contributed by atoms with Gasteiger partial charge in [-0.1, -0.05) is 121 Å². The van der Waals surface area contributed by atoms with Crippen molar-refractivity contribution < 1.29 is 0 Å². The average Bonchev–Trinajstić information content (AvgIpc) is 3.80. The first-order valence-electron chi connectivity index (χ1n) is 18.8. The molecule has 0 saturated carbocycles. The topological polar surface area (TPSA) is 48.5 Å². The number of fused-ring (bicyclic) bond motifs is 6. The lowest BCUT2D eigenvalue weighted by atomic mass is 10.0. The summed E-state index contributed by atoms with van der Waals surface area (Å²) in [6, 6.07) is 66.6. The van der Waals surface area contributed by atoms with Gasteiger partial charge in [0.15, 0.2) is 5.82 Å². The van der Waals surface area contributed by atoms with Gasteiger partial charge in [-0.05, 0) is 77.9 Å². The van der Waals surface area contributed by atoms with Crippen molar-refractivity contribution in [3.63, 3.8) is 0 Å². The molecule has 11 rings (SSSR count). The summed E-state index contributed by atoms with van der Waals surface area (Å²) >= 11 is 0. The molecule has 0 spiro atoms. The maximum Gasteiger partial charge on any atom is 0.160 e. The van der Waals surface area contributed by atoms with Crippen LogP contribution >= 0.6 is 0 Å². The van der Waals surface area contributed by atoms with E-state index in [4.69, 9.17) is 9.97 Å². The zero-order valence-electron chi connectivity index (χ0n) is 30.3. The Morgan fingerprint density at radius 2 is 0.750 bits per heavy atom. The minimum absolute atomic E-state index is 0.674. The third-order valence-corrected chi connectivity index (χ3v) is 10.8. The van der Waals surface area contributed by atoms with Crippen LogP contribution in [0.5, 0.6) is 0 Å². The molecule has 56 heavy (non-hydrogen) atoms. The number of nitrogens with zero attached hydrogens (tertiary/aromatic N) is 5. The zero-order valence-corrected chi connectivity index (χ0v) is 30.3. The molecule has 5 nitrogen and oxygen atoms in total. The van der Waals surface area contributed by atoms with Crippen LogP contribution in [-0.4, -0.2) is 24.1 Å². The van der Waals surface area contributed by atoms with Crippen molar-refractivity contribution in [3.8, 4) is 56.4 Å². The number of aromatic nitrogens is 5. The van der Waals surface area contributed by atoms with E-state index in [0.29, 0.717) is 5.82 Å². The van der Waals surface area contributed by atoms with Crippen LogP contribution in [0.2, 0.25) is 0 Å². The summed E-state index contributed by atoms with van der Waals surface area (Å²) in [5.74, 6) is 0.674. The summed E-state index contributed by atoms with van der Waals surface area (Å²) in [6.45, 7) is 0. The maximum atomic E-state index is 5.34. The largest absolute Gasteiger partial charge is 0.309 e. The molecule has 0 aliphatic carbocycles. The quantitative estimate of drug-likeness (QED) is 0.172. The molecule has 4 aromatic heterocycles. The van der Waals surface area contributed by atoms with Crippen molar-refractivity contribution in [2.45, 2.75) is 0 Å². The number of rotatable bonds is 6. The van der Waals surface area contributed by atoms with E-state index in [-0.39, 0.29) is 0 Å². The fourth-order valence-corrected chi connectivity index (χ4v) is 8.26.